The van der Waals surface area contributed by atoms with Crippen LogP contribution in [0.15, 0.2) is 53.4 Å². The van der Waals surface area contributed by atoms with Crippen molar-refractivity contribution in [2.45, 2.75) is 11.0 Å². The molecule has 0 saturated heterocycles. The van der Waals surface area contributed by atoms with Crippen LogP contribution < -0.4 is 5.32 Å². The van der Waals surface area contributed by atoms with E-state index in [-0.39, 0.29) is 11.4 Å². The maximum Gasteiger partial charge on any atom is 0.175 e. The maximum absolute atomic E-state index is 13.1. The van der Waals surface area contributed by atoms with Gasteiger partial charge in [0.2, 0.25) is 0 Å². The lowest BCUT2D eigenvalue weighted by Gasteiger charge is -2.13. The number of halogens is 1. The smallest absolute Gasteiger partial charge is 0.175 e. The summed E-state index contributed by atoms with van der Waals surface area (Å²) in [5.74, 6) is -0.399. The van der Waals surface area contributed by atoms with Crippen LogP contribution in [0.2, 0.25) is 0 Å². The molecule has 21 heavy (non-hydrogen) atoms. The molecule has 2 aromatic rings. The highest BCUT2D eigenvalue weighted by molar-refractivity contribution is 7.90. The minimum absolute atomic E-state index is 0.196. The van der Waals surface area contributed by atoms with Crippen LogP contribution in [-0.4, -0.2) is 26.3 Å². The molecule has 0 aromatic heterocycles. The van der Waals surface area contributed by atoms with Gasteiger partial charge >= 0.3 is 0 Å². The summed E-state index contributed by atoms with van der Waals surface area (Å²) in [5.41, 5.74) is 1.16. The zero-order chi connectivity index (χ0) is 15.5. The van der Waals surface area contributed by atoms with Crippen LogP contribution in [0.4, 0.5) is 10.1 Å². The van der Waals surface area contributed by atoms with Crippen molar-refractivity contribution in [1.82, 2.24) is 0 Å². The van der Waals surface area contributed by atoms with Crippen LogP contribution >= 0.6 is 0 Å². The predicted octanol–water partition coefficient (Wildman–Crippen LogP) is 2.37. The molecule has 0 fully saturated rings. The topological polar surface area (TPSA) is 66.4 Å². The standard InChI is InChI=1S/C15H16FNO3S/c1-21(19,20)14-7-5-13(6-8-14)17-10-15(18)11-3-2-4-12(16)9-11/h2-9,15,17-18H,10H2,1H3. The number of rotatable bonds is 5. The lowest BCUT2D eigenvalue weighted by molar-refractivity contribution is 0.191. The highest BCUT2D eigenvalue weighted by atomic mass is 32.2. The average Bonchev–Trinajstić information content (AvgIpc) is 2.44. The van der Waals surface area contributed by atoms with Crippen LogP contribution in [0.25, 0.3) is 0 Å². The predicted molar refractivity (Wildman–Crippen MR) is 79.4 cm³/mol. The van der Waals surface area contributed by atoms with Crippen LogP contribution in [-0.2, 0) is 9.84 Å². The molecule has 1 atom stereocenters. The van der Waals surface area contributed by atoms with E-state index >= 15 is 0 Å². The van der Waals surface area contributed by atoms with Crippen molar-refractivity contribution in [2.75, 3.05) is 18.1 Å². The first-order chi connectivity index (χ1) is 9.86. The molecule has 2 rings (SSSR count). The van der Waals surface area contributed by atoms with Gasteiger partial charge in [0.25, 0.3) is 0 Å². The highest BCUT2D eigenvalue weighted by Gasteiger charge is 2.09. The quantitative estimate of drug-likeness (QED) is 0.890. The van der Waals surface area contributed by atoms with Crippen molar-refractivity contribution in [3.05, 3.63) is 59.9 Å². The number of aliphatic hydroxyl groups excluding tert-OH is 1. The van der Waals surface area contributed by atoms with Crippen molar-refractivity contribution in [1.29, 1.82) is 0 Å². The molecule has 0 saturated carbocycles. The number of hydrogen-bond donors (Lipinski definition) is 2. The maximum atomic E-state index is 13.1. The van der Waals surface area contributed by atoms with E-state index in [9.17, 15) is 17.9 Å². The molecular weight excluding hydrogens is 293 g/mol. The van der Waals surface area contributed by atoms with Crippen LogP contribution in [0, 0.1) is 5.82 Å². The third kappa shape index (κ3) is 4.27. The lowest BCUT2D eigenvalue weighted by atomic mass is 10.1. The first-order valence-electron chi connectivity index (χ1n) is 6.34. The van der Waals surface area contributed by atoms with Gasteiger partial charge in [-0.05, 0) is 42.0 Å². The largest absolute Gasteiger partial charge is 0.387 e. The summed E-state index contributed by atoms with van der Waals surface area (Å²) in [4.78, 5) is 0.235. The summed E-state index contributed by atoms with van der Waals surface area (Å²) in [6.45, 7) is 0.196. The molecule has 2 aromatic carbocycles. The Morgan fingerprint density at radius 3 is 2.43 bits per heavy atom. The molecule has 0 amide bonds. The van der Waals surface area contributed by atoms with E-state index in [1.54, 1.807) is 18.2 Å². The SMILES string of the molecule is CS(=O)(=O)c1ccc(NCC(O)c2cccc(F)c2)cc1. The summed E-state index contributed by atoms with van der Waals surface area (Å²) in [5, 5.41) is 12.9. The number of aliphatic hydroxyl groups is 1. The zero-order valence-corrected chi connectivity index (χ0v) is 12.3. The minimum atomic E-state index is -3.22. The van der Waals surface area contributed by atoms with Crippen molar-refractivity contribution in [3.8, 4) is 0 Å². The Morgan fingerprint density at radius 1 is 1.19 bits per heavy atom. The molecule has 0 bridgehead atoms. The molecule has 2 N–H and O–H groups in total. The Morgan fingerprint density at radius 2 is 1.86 bits per heavy atom. The summed E-state index contributed by atoms with van der Waals surface area (Å²) in [7, 11) is -3.22. The molecular formula is C15H16FNO3S. The fourth-order valence-electron chi connectivity index (χ4n) is 1.87. The summed E-state index contributed by atoms with van der Waals surface area (Å²) < 4.78 is 35.7. The molecule has 0 aliphatic heterocycles. The van der Waals surface area contributed by atoms with Gasteiger partial charge in [-0.2, -0.15) is 0 Å². The summed E-state index contributed by atoms with van der Waals surface area (Å²) in [6.07, 6.45) is 0.290. The Labute approximate surface area is 123 Å². The van der Waals surface area contributed by atoms with E-state index in [2.05, 4.69) is 5.32 Å². The summed E-state index contributed by atoms with van der Waals surface area (Å²) in [6, 6.07) is 12.0. The van der Waals surface area contributed by atoms with Gasteiger partial charge in [-0.25, -0.2) is 12.8 Å². The molecule has 0 spiro atoms. The van der Waals surface area contributed by atoms with Crippen molar-refractivity contribution in [2.24, 2.45) is 0 Å². The molecule has 4 nitrogen and oxygen atoms in total. The van der Waals surface area contributed by atoms with Crippen LogP contribution in [0.5, 0.6) is 0 Å². The lowest BCUT2D eigenvalue weighted by Crippen LogP contribution is -2.12. The van der Waals surface area contributed by atoms with Crippen molar-refractivity contribution >= 4 is 15.5 Å². The molecule has 112 valence electrons. The van der Waals surface area contributed by atoms with Gasteiger partial charge in [0.15, 0.2) is 9.84 Å². The zero-order valence-electron chi connectivity index (χ0n) is 11.5. The number of hydrogen-bond acceptors (Lipinski definition) is 4. The van der Waals surface area contributed by atoms with Crippen LogP contribution in [0.3, 0.4) is 0 Å². The third-order valence-electron chi connectivity index (χ3n) is 3.02. The second-order valence-corrected chi connectivity index (χ2v) is 6.76. The van der Waals surface area contributed by atoms with Gasteiger partial charge in [-0.1, -0.05) is 12.1 Å². The van der Waals surface area contributed by atoms with E-state index in [4.69, 9.17) is 0 Å². The third-order valence-corrected chi connectivity index (χ3v) is 4.14. The normalized spacial score (nSPS) is 12.9. The average molecular weight is 309 g/mol. The molecule has 0 heterocycles. The van der Waals surface area contributed by atoms with E-state index in [1.165, 1.54) is 30.3 Å². The number of sulfone groups is 1. The Balaban J connectivity index is 2.00. The number of anilines is 1. The van der Waals surface area contributed by atoms with Crippen LogP contribution in [0.1, 0.15) is 11.7 Å². The fraction of sp³-hybridized carbons (Fsp3) is 0.200. The second-order valence-electron chi connectivity index (χ2n) is 4.75. The monoisotopic (exact) mass is 309 g/mol. The van der Waals surface area contributed by atoms with E-state index < -0.39 is 21.8 Å². The van der Waals surface area contributed by atoms with Gasteiger partial charge in [-0.15, -0.1) is 0 Å². The van der Waals surface area contributed by atoms with E-state index in [0.29, 0.717) is 11.3 Å². The van der Waals surface area contributed by atoms with E-state index in [1.807, 2.05) is 0 Å². The van der Waals surface area contributed by atoms with Crippen molar-refractivity contribution < 1.29 is 17.9 Å². The van der Waals surface area contributed by atoms with Gasteiger partial charge in [0.05, 0.1) is 11.0 Å². The Hall–Kier alpha value is -1.92. The molecule has 0 aliphatic carbocycles. The summed E-state index contributed by atoms with van der Waals surface area (Å²) >= 11 is 0. The molecule has 1 unspecified atom stereocenters. The van der Waals surface area contributed by atoms with Crippen molar-refractivity contribution in [3.63, 3.8) is 0 Å². The molecule has 6 heteroatoms. The van der Waals surface area contributed by atoms with Gasteiger partial charge in [0, 0.05) is 18.5 Å². The highest BCUT2D eigenvalue weighted by Crippen LogP contribution is 2.17. The number of benzene rings is 2. The first-order valence-corrected chi connectivity index (χ1v) is 8.23. The Bertz CT molecular complexity index is 714. The minimum Gasteiger partial charge on any atom is -0.387 e. The van der Waals surface area contributed by atoms with E-state index in [0.717, 1.165) is 6.26 Å². The first kappa shape index (κ1) is 15.5. The second kappa shape index (κ2) is 6.24. The molecule has 0 aliphatic rings. The van der Waals surface area contributed by atoms with Gasteiger partial charge in [0.1, 0.15) is 5.82 Å². The Kier molecular flexibility index (Phi) is 4.59. The fourth-order valence-corrected chi connectivity index (χ4v) is 2.50. The van der Waals surface area contributed by atoms with Gasteiger partial charge < -0.3 is 10.4 Å². The van der Waals surface area contributed by atoms with Gasteiger partial charge in [-0.3, -0.25) is 0 Å². The number of nitrogens with one attached hydrogen (secondary N) is 1. The molecule has 0 radical (unpaired) electrons.